The van der Waals surface area contributed by atoms with Crippen molar-refractivity contribution in [1.29, 1.82) is 0 Å². The van der Waals surface area contributed by atoms with Crippen LogP contribution in [0.5, 0.6) is 0 Å². The number of halogens is 2. The van der Waals surface area contributed by atoms with E-state index in [0.29, 0.717) is 0 Å². The number of aromatic nitrogens is 1. The molecular weight excluding hydrogens is 419 g/mol. The molecular formula is C14H14BrIN2O. The summed E-state index contributed by atoms with van der Waals surface area (Å²) in [5, 5.41) is 3.47. The van der Waals surface area contributed by atoms with Crippen molar-refractivity contribution < 1.29 is 4.42 Å². The highest BCUT2D eigenvalue weighted by atomic mass is 127. The minimum absolute atomic E-state index is 0.737. The van der Waals surface area contributed by atoms with Gasteiger partial charge in [0.2, 0.25) is 0 Å². The molecule has 1 N–H and O–H groups in total. The number of oxazole rings is 1. The van der Waals surface area contributed by atoms with E-state index < -0.39 is 0 Å². The normalized spacial score (nSPS) is 14.8. The molecule has 0 amide bonds. The van der Waals surface area contributed by atoms with Gasteiger partial charge in [-0.15, -0.1) is 0 Å². The van der Waals surface area contributed by atoms with Crippen LogP contribution >= 0.6 is 38.5 Å². The smallest absolute Gasteiger partial charge is 0.196 e. The molecule has 1 aliphatic carbocycles. The van der Waals surface area contributed by atoms with Crippen molar-refractivity contribution in [1.82, 2.24) is 10.3 Å². The third-order valence-corrected chi connectivity index (χ3v) is 4.53. The molecule has 1 aromatic heterocycles. The highest BCUT2D eigenvalue weighted by Crippen LogP contribution is 2.29. The summed E-state index contributed by atoms with van der Waals surface area (Å²) in [5.41, 5.74) is 1.09. The average Bonchev–Trinajstić information content (AvgIpc) is 3.10. The van der Waals surface area contributed by atoms with Crippen LogP contribution in [0, 0.1) is 3.57 Å². The number of hydrogen-bond donors (Lipinski definition) is 1. The fraction of sp³-hybridized carbons (Fsp3) is 0.357. The van der Waals surface area contributed by atoms with Crippen LogP contribution in [0.2, 0.25) is 0 Å². The summed E-state index contributed by atoms with van der Waals surface area (Å²) < 4.78 is 8.05. The van der Waals surface area contributed by atoms with Gasteiger partial charge in [-0.2, -0.15) is 0 Å². The van der Waals surface area contributed by atoms with Gasteiger partial charge in [-0.3, -0.25) is 0 Å². The molecule has 100 valence electrons. The molecule has 5 heteroatoms. The summed E-state index contributed by atoms with van der Waals surface area (Å²) in [6.45, 7) is 0.945. The summed E-state index contributed by atoms with van der Waals surface area (Å²) in [7, 11) is 0. The maximum atomic E-state index is 5.83. The van der Waals surface area contributed by atoms with Gasteiger partial charge in [-0.05, 0) is 53.6 Å². The van der Waals surface area contributed by atoms with Crippen molar-refractivity contribution in [3.63, 3.8) is 0 Å². The maximum Gasteiger partial charge on any atom is 0.196 e. The molecule has 1 heterocycles. The fourth-order valence-electron chi connectivity index (χ4n) is 1.91. The molecule has 1 aromatic carbocycles. The topological polar surface area (TPSA) is 38.1 Å². The molecule has 0 saturated heterocycles. The zero-order valence-electron chi connectivity index (χ0n) is 10.3. The standard InChI is InChI=1S/C14H14BrIN2O/c15-9-1-4-12(16)11(7-9)13-8-18-14(19-13)5-6-17-10-2-3-10/h1,4,7-8,10,17H,2-3,5-6H2. The lowest BCUT2D eigenvalue weighted by atomic mass is 10.2. The number of nitrogens with one attached hydrogen (secondary N) is 1. The van der Waals surface area contributed by atoms with Gasteiger partial charge >= 0.3 is 0 Å². The van der Waals surface area contributed by atoms with Gasteiger partial charge in [0.25, 0.3) is 0 Å². The maximum absolute atomic E-state index is 5.83. The first-order chi connectivity index (χ1) is 9.22. The SMILES string of the molecule is Brc1ccc(I)c(-c2cnc(CCNC3CC3)o2)c1. The first kappa shape index (κ1) is 13.6. The molecule has 1 fully saturated rings. The van der Waals surface area contributed by atoms with Gasteiger partial charge in [0.15, 0.2) is 11.7 Å². The van der Waals surface area contributed by atoms with Gasteiger partial charge in [-0.1, -0.05) is 15.9 Å². The fourth-order valence-corrected chi connectivity index (χ4v) is 2.87. The Morgan fingerprint density at radius 2 is 2.26 bits per heavy atom. The average molecular weight is 433 g/mol. The van der Waals surface area contributed by atoms with E-state index in [4.69, 9.17) is 4.42 Å². The molecule has 19 heavy (non-hydrogen) atoms. The summed E-state index contributed by atoms with van der Waals surface area (Å²) in [5.74, 6) is 1.64. The second kappa shape index (κ2) is 5.93. The molecule has 3 nitrogen and oxygen atoms in total. The van der Waals surface area contributed by atoms with E-state index in [2.05, 4.69) is 61.0 Å². The van der Waals surface area contributed by atoms with Crippen molar-refractivity contribution >= 4 is 38.5 Å². The minimum atomic E-state index is 0.737. The summed E-state index contributed by atoms with van der Waals surface area (Å²) in [6.07, 6.45) is 5.29. The predicted octanol–water partition coefficient (Wildman–Crippen LogP) is 4.00. The highest BCUT2D eigenvalue weighted by Gasteiger charge is 2.20. The quantitative estimate of drug-likeness (QED) is 0.725. The van der Waals surface area contributed by atoms with E-state index in [1.54, 1.807) is 0 Å². The monoisotopic (exact) mass is 432 g/mol. The largest absolute Gasteiger partial charge is 0.441 e. The third-order valence-electron chi connectivity index (χ3n) is 3.10. The van der Waals surface area contributed by atoms with Crippen molar-refractivity contribution in [2.24, 2.45) is 0 Å². The lowest BCUT2D eigenvalue weighted by Crippen LogP contribution is -2.19. The van der Waals surface area contributed by atoms with Crippen LogP contribution in [-0.4, -0.2) is 17.6 Å². The Hall–Kier alpha value is -0.400. The van der Waals surface area contributed by atoms with Crippen molar-refractivity contribution in [2.45, 2.75) is 25.3 Å². The number of hydrogen-bond acceptors (Lipinski definition) is 3. The van der Waals surface area contributed by atoms with E-state index >= 15 is 0 Å². The van der Waals surface area contributed by atoms with Gasteiger partial charge in [0.1, 0.15) is 0 Å². The Kier molecular flexibility index (Phi) is 4.24. The van der Waals surface area contributed by atoms with Crippen LogP contribution in [0.4, 0.5) is 0 Å². The first-order valence-electron chi connectivity index (χ1n) is 6.36. The van der Waals surface area contributed by atoms with E-state index in [1.165, 1.54) is 16.4 Å². The predicted molar refractivity (Wildman–Crippen MR) is 87.1 cm³/mol. The number of rotatable bonds is 5. The molecule has 2 aromatic rings. The minimum Gasteiger partial charge on any atom is -0.441 e. The van der Waals surface area contributed by atoms with E-state index in [0.717, 1.165) is 40.7 Å². The second-order valence-electron chi connectivity index (χ2n) is 4.72. The zero-order chi connectivity index (χ0) is 13.2. The number of nitrogens with zero attached hydrogens (tertiary/aromatic N) is 1. The number of benzene rings is 1. The Morgan fingerprint density at radius 3 is 3.05 bits per heavy atom. The lowest BCUT2D eigenvalue weighted by Gasteiger charge is -2.01. The summed E-state index contributed by atoms with van der Waals surface area (Å²) >= 11 is 5.80. The second-order valence-corrected chi connectivity index (χ2v) is 6.80. The van der Waals surface area contributed by atoms with Crippen molar-refractivity contribution in [3.8, 4) is 11.3 Å². The molecule has 0 unspecified atom stereocenters. The van der Waals surface area contributed by atoms with Crippen LogP contribution in [-0.2, 0) is 6.42 Å². The van der Waals surface area contributed by atoms with E-state index in [-0.39, 0.29) is 0 Å². The Morgan fingerprint density at radius 1 is 1.42 bits per heavy atom. The molecule has 0 radical (unpaired) electrons. The van der Waals surface area contributed by atoms with Crippen LogP contribution < -0.4 is 5.32 Å². The van der Waals surface area contributed by atoms with Gasteiger partial charge in [-0.25, -0.2) is 4.98 Å². The molecule has 0 bridgehead atoms. The lowest BCUT2D eigenvalue weighted by molar-refractivity contribution is 0.494. The Bertz CT molecular complexity index is 581. The van der Waals surface area contributed by atoms with Gasteiger partial charge < -0.3 is 9.73 Å². The van der Waals surface area contributed by atoms with Gasteiger partial charge in [0, 0.05) is 32.6 Å². The van der Waals surface area contributed by atoms with Gasteiger partial charge in [0.05, 0.1) is 6.20 Å². The molecule has 0 aliphatic heterocycles. The van der Waals surface area contributed by atoms with Crippen molar-refractivity contribution in [3.05, 3.63) is 38.3 Å². The molecule has 0 atom stereocenters. The van der Waals surface area contributed by atoms with Crippen LogP contribution in [0.1, 0.15) is 18.7 Å². The third kappa shape index (κ3) is 3.58. The van der Waals surface area contributed by atoms with Crippen LogP contribution in [0.15, 0.2) is 33.3 Å². The molecule has 1 saturated carbocycles. The first-order valence-corrected chi connectivity index (χ1v) is 8.23. The van der Waals surface area contributed by atoms with Crippen LogP contribution in [0.25, 0.3) is 11.3 Å². The Balaban J connectivity index is 1.70. The molecule has 0 spiro atoms. The van der Waals surface area contributed by atoms with E-state index in [1.807, 2.05) is 12.3 Å². The summed E-state index contributed by atoms with van der Waals surface area (Å²) in [6, 6.07) is 6.90. The molecule has 1 aliphatic rings. The summed E-state index contributed by atoms with van der Waals surface area (Å²) in [4.78, 5) is 4.36. The van der Waals surface area contributed by atoms with Crippen LogP contribution in [0.3, 0.4) is 0 Å². The highest BCUT2D eigenvalue weighted by molar-refractivity contribution is 14.1. The zero-order valence-corrected chi connectivity index (χ0v) is 14.1. The molecule has 3 rings (SSSR count). The van der Waals surface area contributed by atoms with Crippen molar-refractivity contribution in [2.75, 3.05) is 6.54 Å². The van der Waals surface area contributed by atoms with E-state index in [9.17, 15) is 0 Å². The Labute approximate surface area is 134 Å².